The molecule has 0 saturated carbocycles. The molecule has 2 amide bonds. The van der Waals surface area contributed by atoms with Gasteiger partial charge in [-0.05, 0) is 35.9 Å². The predicted octanol–water partition coefficient (Wildman–Crippen LogP) is 4.38. The first kappa shape index (κ1) is 14.3. The SMILES string of the molecule is O=C(N/C=C/c1ccccc1Br)Nc1cccc(F)c1. The Bertz CT molecular complexity index is 643. The van der Waals surface area contributed by atoms with E-state index in [-0.39, 0.29) is 0 Å². The second-order valence-electron chi connectivity index (χ2n) is 3.96. The molecule has 0 aliphatic heterocycles. The second kappa shape index (κ2) is 6.86. The lowest BCUT2D eigenvalue weighted by atomic mass is 10.2. The van der Waals surface area contributed by atoms with E-state index in [1.807, 2.05) is 24.3 Å². The molecule has 0 heterocycles. The van der Waals surface area contributed by atoms with Crippen molar-refractivity contribution in [3.8, 4) is 0 Å². The van der Waals surface area contributed by atoms with Gasteiger partial charge in [0.1, 0.15) is 5.82 Å². The van der Waals surface area contributed by atoms with Gasteiger partial charge in [-0.15, -0.1) is 0 Å². The molecule has 102 valence electrons. The van der Waals surface area contributed by atoms with Crippen LogP contribution in [0.25, 0.3) is 6.08 Å². The van der Waals surface area contributed by atoms with Crippen molar-refractivity contribution < 1.29 is 9.18 Å². The fourth-order valence-corrected chi connectivity index (χ4v) is 1.97. The smallest absolute Gasteiger partial charge is 0.314 e. The van der Waals surface area contributed by atoms with Crippen molar-refractivity contribution in [3.05, 3.63) is 70.6 Å². The Morgan fingerprint density at radius 3 is 2.70 bits per heavy atom. The van der Waals surface area contributed by atoms with E-state index in [4.69, 9.17) is 0 Å². The van der Waals surface area contributed by atoms with Gasteiger partial charge in [-0.25, -0.2) is 9.18 Å². The summed E-state index contributed by atoms with van der Waals surface area (Å²) in [6, 6.07) is 12.9. The monoisotopic (exact) mass is 334 g/mol. The highest BCUT2D eigenvalue weighted by Crippen LogP contribution is 2.16. The maximum Gasteiger partial charge on any atom is 0.323 e. The van der Waals surface area contributed by atoms with E-state index < -0.39 is 11.8 Å². The number of hydrogen-bond donors (Lipinski definition) is 2. The second-order valence-corrected chi connectivity index (χ2v) is 4.82. The van der Waals surface area contributed by atoms with Crippen LogP contribution in [0.3, 0.4) is 0 Å². The Morgan fingerprint density at radius 2 is 1.95 bits per heavy atom. The van der Waals surface area contributed by atoms with Crippen LogP contribution in [-0.2, 0) is 0 Å². The average Bonchev–Trinajstić information content (AvgIpc) is 2.41. The highest BCUT2D eigenvalue weighted by Gasteiger charge is 2.00. The van der Waals surface area contributed by atoms with Crippen LogP contribution in [0, 0.1) is 5.82 Å². The minimum absolute atomic E-state index is 0.397. The van der Waals surface area contributed by atoms with Crippen molar-refractivity contribution in [3.63, 3.8) is 0 Å². The van der Waals surface area contributed by atoms with E-state index in [1.54, 1.807) is 12.1 Å². The summed E-state index contributed by atoms with van der Waals surface area (Å²) in [5, 5.41) is 5.08. The molecule has 3 nitrogen and oxygen atoms in total. The third kappa shape index (κ3) is 4.20. The van der Waals surface area contributed by atoms with Gasteiger partial charge in [0.2, 0.25) is 0 Å². The number of hydrogen-bond acceptors (Lipinski definition) is 1. The standard InChI is InChI=1S/C15H12BrFN2O/c16-14-7-2-1-4-11(14)8-9-18-15(20)19-13-6-3-5-12(17)10-13/h1-10H,(H2,18,19,20)/b9-8+. The molecule has 0 aliphatic carbocycles. The number of carbonyl (C=O) groups excluding carboxylic acids is 1. The molecule has 0 aliphatic rings. The number of amides is 2. The molecule has 0 atom stereocenters. The van der Waals surface area contributed by atoms with Gasteiger partial charge in [0.05, 0.1) is 0 Å². The molecule has 2 aromatic carbocycles. The molecule has 2 rings (SSSR count). The van der Waals surface area contributed by atoms with Crippen LogP contribution in [-0.4, -0.2) is 6.03 Å². The Hall–Kier alpha value is -2.14. The number of carbonyl (C=O) groups is 1. The number of rotatable bonds is 3. The highest BCUT2D eigenvalue weighted by molar-refractivity contribution is 9.10. The van der Waals surface area contributed by atoms with Crippen LogP contribution in [0.5, 0.6) is 0 Å². The summed E-state index contributed by atoms with van der Waals surface area (Å²) in [5.74, 6) is -0.397. The third-order valence-corrected chi connectivity index (χ3v) is 3.19. The predicted molar refractivity (Wildman–Crippen MR) is 81.7 cm³/mol. The van der Waals surface area contributed by atoms with Gasteiger partial charge in [-0.1, -0.05) is 40.2 Å². The van der Waals surface area contributed by atoms with Gasteiger partial charge in [0, 0.05) is 16.4 Å². The summed E-state index contributed by atoms with van der Waals surface area (Å²) in [7, 11) is 0. The van der Waals surface area contributed by atoms with E-state index in [1.165, 1.54) is 24.4 Å². The zero-order valence-corrected chi connectivity index (χ0v) is 12.0. The van der Waals surface area contributed by atoms with E-state index in [0.29, 0.717) is 5.69 Å². The molecule has 0 spiro atoms. The number of anilines is 1. The molecule has 5 heteroatoms. The first-order valence-corrected chi connectivity index (χ1v) is 6.68. The van der Waals surface area contributed by atoms with E-state index in [9.17, 15) is 9.18 Å². The first-order valence-electron chi connectivity index (χ1n) is 5.89. The maximum absolute atomic E-state index is 12.9. The quantitative estimate of drug-likeness (QED) is 0.859. The van der Waals surface area contributed by atoms with Gasteiger partial charge < -0.3 is 10.6 Å². The molecule has 0 aromatic heterocycles. The van der Waals surface area contributed by atoms with Gasteiger partial charge in [0.25, 0.3) is 0 Å². The molecule has 0 fully saturated rings. The minimum Gasteiger partial charge on any atom is -0.314 e. The molecular weight excluding hydrogens is 323 g/mol. The summed E-state index contributed by atoms with van der Waals surface area (Å²) >= 11 is 3.40. The molecule has 0 unspecified atom stereocenters. The zero-order valence-electron chi connectivity index (χ0n) is 10.4. The van der Waals surface area contributed by atoms with Crippen LogP contribution < -0.4 is 10.6 Å². The van der Waals surface area contributed by atoms with E-state index >= 15 is 0 Å². The van der Waals surface area contributed by atoms with Gasteiger partial charge >= 0.3 is 6.03 Å². The molecule has 20 heavy (non-hydrogen) atoms. The topological polar surface area (TPSA) is 41.1 Å². The van der Waals surface area contributed by atoms with Crippen molar-refractivity contribution in [1.82, 2.24) is 5.32 Å². The molecule has 0 bridgehead atoms. The Kier molecular flexibility index (Phi) is 4.90. The fourth-order valence-electron chi connectivity index (χ4n) is 1.55. The average molecular weight is 335 g/mol. The number of halogens is 2. The van der Waals surface area contributed by atoms with Crippen LogP contribution in [0.1, 0.15) is 5.56 Å². The highest BCUT2D eigenvalue weighted by atomic mass is 79.9. The molecule has 0 saturated heterocycles. The third-order valence-electron chi connectivity index (χ3n) is 2.47. The van der Waals surface area contributed by atoms with Crippen molar-refractivity contribution in [2.75, 3.05) is 5.32 Å². The molecular formula is C15H12BrFN2O. The van der Waals surface area contributed by atoms with Crippen LogP contribution in [0.2, 0.25) is 0 Å². The largest absolute Gasteiger partial charge is 0.323 e. The van der Waals surface area contributed by atoms with Crippen molar-refractivity contribution in [1.29, 1.82) is 0 Å². The van der Waals surface area contributed by atoms with Crippen molar-refractivity contribution in [2.24, 2.45) is 0 Å². The zero-order chi connectivity index (χ0) is 14.4. The lowest BCUT2D eigenvalue weighted by Crippen LogP contribution is -2.23. The van der Waals surface area contributed by atoms with Crippen LogP contribution >= 0.6 is 15.9 Å². The summed E-state index contributed by atoms with van der Waals surface area (Å²) in [6.07, 6.45) is 3.28. The van der Waals surface area contributed by atoms with Crippen LogP contribution in [0.15, 0.2) is 59.2 Å². The lowest BCUT2D eigenvalue weighted by Gasteiger charge is -2.04. The summed E-state index contributed by atoms with van der Waals surface area (Å²) in [6.45, 7) is 0. The number of benzene rings is 2. The van der Waals surface area contributed by atoms with Crippen LogP contribution in [0.4, 0.5) is 14.9 Å². The van der Waals surface area contributed by atoms with Gasteiger partial charge in [-0.3, -0.25) is 0 Å². The Labute approximate surface area is 124 Å². The first-order chi connectivity index (χ1) is 9.65. The molecule has 2 N–H and O–H groups in total. The summed E-state index contributed by atoms with van der Waals surface area (Å²) in [5.41, 5.74) is 1.34. The number of urea groups is 1. The summed E-state index contributed by atoms with van der Waals surface area (Å²) in [4.78, 5) is 11.6. The summed E-state index contributed by atoms with van der Waals surface area (Å²) < 4.78 is 13.9. The lowest BCUT2D eigenvalue weighted by molar-refractivity contribution is 0.255. The normalized spacial score (nSPS) is 10.5. The van der Waals surface area contributed by atoms with Gasteiger partial charge in [0.15, 0.2) is 0 Å². The molecule has 2 aromatic rings. The van der Waals surface area contributed by atoms with Crippen molar-refractivity contribution >= 4 is 33.7 Å². The molecule has 0 radical (unpaired) electrons. The van der Waals surface area contributed by atoms with E-state index in [0.717, 1.165) is 10.0 Å². The maximum atomic E-state index is 12.9. The van der Waals surface area contributed by atoms with Gasteiger partial charge in [-0.2, -0.15) is 0 Å². The number of nitrogens with one attached hydrogen (secondary N) is 2. The fraction of sp³-hybridized carbons (Fsp3) is 0. The van der Waals surface area contributed by atoms with Crippen molar-refractivity contribution in [2.45, 2.75) is 0 Å². The Morgan fingerprint density at radius 1 is 1.15 bits per heavy atom. The minimum atomic E-state index is -0.432. The van der Waals surface area contributed by atoms with E-state index in [2.05, 4.69) is 26.6 Å². The Balaban J connectivity index is 1.91.